The summed E-state index contributed by atoms with van der Waals surface area (Å²) in [6.45, 7) is 1.65. The van der Waals surface area contributed by atoms with Crippen LogP contribution in [0.5, 0.6) is 11.5 Å². The SMILES string of the molecule is CC#CC(=O)Cc1ccc(Nc2ncnc(N)c2-c2ccc(Oc3ccccc3)cc2)cc1. The molecule has 0 aliphatic rings. The first-order chi connectivity index (χ1) is 16.1. The van der Waals surface area contributed by atoms with E-state index in [-0.39, 0.29) is 12.2 Å². The predicted molar refractivity (Wildman–Crippen MR) is 130 cm³/mol. The van der Waals surface area contributed by atoms with E-state index < -0.39 is 0 Å². The van der Waals surface area contributed by atoms with Crippen LogP contribution in [-0.4, -0.2) is 15.8 Å². The zero-order chi connectivity index (χ0) is 23.0. The molecule has 0 amide bonds. The van der Waals surface area contributed by atoms with Crippen molar-refractivity contribution in [1.82, 2.24) is 9.97 Å². The molecule has 3 aromatic carbocycles. The molecule has 0 atom stereocenters. The van der Waals surface area contributed by atoms with E-state index in [9.17, 15) is 4.79 Å². The van der Waals surface area contributed by atoms with Crippen molar-refractivity contribution in [3.63, 3.8) is 0 Å². The average Bonchev–Trinajstić information content (AvgIpc) is 2.82. The van der Waals surface area contributed by atoms with E-state index in [1.54, 1.807) is 6.92 Å². The summed E-state index contributed by atoms with van der Waals surface area (Å²) in [6.07, 6.45) is 1.70. The normalized spacial score (nSPS) is 10.1. The summed E-state index contributed by atoms with van der Waals surface area (Å²) in [4.78, 5) is 20.3. The average molecular weight is 434 g/mol. The number of rotatable bonds is 7. The van der Waals surface area contributed by atoms with Crippen LogP contribution in [0.25, 0.3) is 11.1 Å². The number of hydrogen-bond acceptors (Lipinski definition) is 6. The first-order valence-corrected chi connectivity index (χ1v) is 10.4. The second-order valence-corrected chi connectivity index (χ2v) is 7.22. The zero-order valence-electron chi connectivity index (χ0n) is 18.1. The third-order valence-corrected chi connectivity index (χ3v) is 4.84. The Morgan fingerprint density at radius 1 is 0.939 bits per heavy atom. The number of nitrogens with two attached hydrogens (primary N) is 1. The number of hydrogen-bond donors (Lipinski definition) is 2. The third-order valence-electron chi connectivity index (χ3n) is 4.84. The number of ketones is 1. The molecule has 162 valence electrons. The molecule has 0 aliphatic heterocycles. The quantitative estimate of drug-likeness (QED) is 0.299. The Morgan fingerprint density at radius 2 is 1.64 bits per heavy atom. The molecular weight excluding hydrogens is 412 g/mol. The summed E-state index contributed by atoms with van der Waals surface area (Å²) in [5, 5.41) is 3.30. The van der Waals surface area contributed by atoms with Crippen LogP contribution in [0.3, 0.4) is 0 Å². The van der Waals surface area contributed by atoms with E-state index in [2.05, 4.69) is 27.1 Å². The van der Waals surface area contributed by atoms with Crippen molar-refractivity contribution < 1.29 is 9.53 Å². The Morgan fingerprint density at radius 3 is 2.33 bits per heavy atom. The molecule has 33 heavy (non-hydrogen) atoms. The third kappa shape index (κ3) is 5.54. The standard InChI is InChI=1S/C27H22N4O2/c1-2-6-22(32)17-19-9-13-21(14-10-19)31-27-25(26(28)29-18-30-27)20-11-15-24(16-12-20)33-23-7-4-3-5-8-23/h3-5,7-16,18H,17H2,1H3,(H3,28,29,30,31). The van der Waals surface area contributed by atoms with Gasteiger partial charge in [-0.1, -0.05) is 48.4 Å². The predicted octanol–water partition coefficient (Wildman–Crippen LogP) is 5.40. The summed E-state index contributed by atoms with van der Waals surface area (Å²) >= 11 is 0. The van der Waals surface area contributed by atoms with Crippen molar-refractivity contribution in [2.24, 2.45) is 0 Å². The van der Waals surface area contributed by atoms with Crippen molar-refractivity contribution in [1.29, 1.82) is 0 Å². The molecule has 0 saturated heterocycles. The van der Waals surface area contributed by atoms with E-state index in [4.69, 9.17) is 10.5 Å². The molecule has 6 heteroatoms. The first kappa shape index (κ1) is 21.6. The fourth-order valence-electron chi connectivity index (χ4n) is 3.30. The van der Waals surface area contributed by atoms with E-state index >= 15 is 0 Å². The van der Waals surface area contributed by atoms with Crippen LogP contribution in [0.2, 0.25) is 0 Å². The maximum atomic E-state index is 11.7. The Balaban J connectivity index is 1.54. The second kappa shape index (κ2) is 10.1. The summed E-state index contributed by atoms with van der Waals surface area (Å²) in [6, 6.07) is 24.7. The Kier molecular flexibility index (Phi) is 6.62. The van der Waals surface area contributed by atoms with E-state index in [1.165, 1.54) is 6.33 Å². The van der Waals surface area contributed by atoms with Crippen LogP contribution < -0.4 is 15.8 Å². The fourth-order valence-corrected chi connectivity index (χ4v) is 3.30. The molecule has 0 bridgehead atoms. The van der Waals surface area contributed by atoms with Gasteiger partial charge in [-0.2, -0.15) is 0 Å². The van der Waals surface area contributed by atoms with Gasteiger partial charge in [-0.15, -0.1) is 0 Å². The molecule has 0 unspecified atom stereocenters. The molecule has 4 aromatic rings. The number of nitrogens with zero attached hydrogens (tertiary/aromatic N) is 2. The number of Topliss-reactive ketones (excluding diaryl/α,β-unsaturated/α-hetero) is 1. The lowest BCUT2D eigenvalue weighted by Crippen LogP contribution is -2.03. The highest BCUT2D eigenvalue weighted by atomic mass is 16.5. The van der Waals surface area contributed by atoms with Crippen molar-refractivity contribution in [3.05, 3.63) is 90.8 Å². The minimum absolute atomic E-state index is 0.108. The van der Waals surface area contributed by atoms with Gasteiger partial charge in [0.05, 0.1) is 5.56 Å². The van der Waals surface area contributed by atoms with Crippen LogP contribution in [-0.2, 0) is 11.2 Å². The van der Waals surface area contributed by atoms with E-state index in [0.29, 0.717) is 22.9 Å². The maximum absolute atomic E-state index is 11.7. The fraction of sp³-hybridized carbons (Fsp3) is 0.0741. The largest absolute Gasteiger partial charge is 0.457 e. The van der Waals surface area contributed by atoms with Crippen LogP contribution in [0.4, 0.5) is 17.3 Å². The lowest BCUT2D eigenvalue weighted by atomic mass is 10.1. The smallest absolute Gasteiger partial charge is 0.209 e. The van der Waals surface area contributed by atoms with Gasteiger partial charge in [-0.25, -0.2) is 9.97 Å². The van der Waals surface area contributed by atoms with Gasteiger partial charge >= 0.3 is 0 Å². The van der Waals surface area contributed by atoms with Crippen molar-refractivity contribution in [2.75, 3.05) is 11.1 Å². The molecular formula is C27H22N4O2. The van der Waals surface area contributed by atoms with Crippen molar-refractivity contribution in [3.8, 4) is 34.5 Å². The van der Waals surface area contributed by atoms with Gasteiger partial charge in [0, 0.05) is 12.1 Å². The lowest BCUT2D eigenvalue weighted by Gasteiger charge is -2.14. The van der Waals surface area contributed by atoms with Gasteiger partial charge in [0.2, 0.25) is 5.78 Å². The molecule has 4 rings (SSSR count). The zero-order valence-corrected chi connectivity index (χ0v) is 18.1. The highest BCUT2D eigenvalue weighted by Crippen LogP contribution is 2.34. The number of nitrogen functional groups attached to an aromatic ring is 1. The molecule has 3 N–H and O–H groups in total. The molecule has 1 aromatic heterocycles. The Hall–Kier alpha value is -4.63. The van der Waals surface area contributed by atoms with Gasteiger partial charge in [0.25, 0.3) is 0 Å². The molecule has 0 aliphatic carbocycles. The summed E-state index contributed by atoms with van der Waals surface area (Å²) in [5.74, 6) is 7.50. The molecule has 0 radical (unpaired) electrons. The summed E-state index contributed by atoms with van der Waals surface area (Å²) < 4.78 is 5.87. The van der Waals surface area contributed by atoms with Crippen LogP contribution in [0, 0.1) is 11.8 Å². The minimum atomic E-state index is -0.108. The van der Waals surface area contributed by atoms with Gasteiger partial charge in [0.1, 0.15) is 29.5 Å². The number of carbonyl (C=O) groups excluding carboxylic acids is 1. The lowest BCUT2D eigenvalue weighted by molar-refractivity contribution is -0.113. The number of ether oxygens (including phenoxy) is 1. The molecule has 0 spiro atoms. The van der Waals surface area contributed by atoms with Crippen LogP contribution in [0.15, 0.2) is 85.2 Å². The molecule has 1 heterocycles. The number of para-hydroxylation sites is 1. The number of benzene rings is 3. The minimum Gasteiger partial charge on any atom is -0.457 e. The summed E-state index contributed by atoms with van der Waals surface area (Å²) in [7, 11) is 0. The first-order valence-electron chi connectivity index (χ1n) is 10.4. The van der Waals surface area contributed by atoms with Gasteiger partial charge < -0.3 is 15.8 Å². The Bertz CT molecular complexity index is 1310. The van der Waals surface area contributed by atoms with Crippen LogP contribution >= 0.6 is 0 Å². The second-order valence-electron chi connectivity index (χ2n) is 7.22. The van der Waals surface area contributed by atoms with Gasteiger partial charge in [0.15, 0.2) is 0 Å². The number of aromatic nitrogens is 2. The number of carbonyl (C=O) groups is 1. The van der Waals surface area contributed by atoms with E-state index in [1.807, 2.05) is 78.9 Å². The van der Waals surface area contributed by atoms with Crippen molar-refractivity contribution in [2.45, 2.75) is 13.3 Å². The molecule has 6 nitrogen and oxygen atoms in total. The maximum Gasteiger partial charge on any atom is 0.209 e. The number of anilines is 3. The topological polar surface area (TPSA) is 90.1 Å². The summed E-state index contributed by atoms with van der Waals surface area (Å²) in [5.41, 5.74) is 9.47. The molecule has 0 saturated carbocycles. The number of nitrogens with one attached hydrogen (secondary N) is 1. The van der Waals surface area contributed by atoms with E-state index in [0.717, 1.165) is 22.6 Å². The highest BCUT2D eigenvalue weighted by Gasteiger charge is 2.13. The Labute approximate surface area is 192 Å². The molecule has 0 fully saturated rings. The van der Waals surface area contributed by atoms with Gasteiger partial charge in [-0.3, -0.25) is 4.79 Å². The van der Waals surface area contributed by atoms with Crippen LogP contribution in [0.1, 0.15) is 12.5 Å². The van der Waals surface area contributed by atoms with Crippen molar-refractivity contribution >= 4 is 23.1 Å². The highest BCUT2D eigenvalue weighted by molar-refractivity contribution is 5.96. The van der Waals surface area contributed by atoms with Gasteiger partial charge in [-0.05, 0) is 60.4 Å². The monoisotopic (exact) mass is 434 g/mol.